The first-order valence-corrected chi connectivity index (χ1v) is 10.9. The van der Waals surface area contributed by atoms with Gasteiger partial charge >= 0.3 is 0 Å². The summed E-state index contributed by atoms with van der Waals surface area (Å²) in [6.07, 6.45) is 0. The summed E-state index contributed by atoms with van der Waals surface area (Å²) in [4.78, 5) is 43.4. The molecule has 2 aromatic heterocycles. The first kappa shape index (κ1) is 22.6. The predicted molar refractivity (Wildman–Crippen MR) is 124 cm³/mol. The highest BCUT2D eigenvalue weighted by atomic mass is 79.9. The Labute approximate surface area is 190 Å². The smallest absolute Gasteiger partial charge is 0.291 e. The number of nitrogen functional groups attached to an aromatic ring is 1. The highest BCUT2D eigenvalue weighted by Gasteiger charge is 2.17. The van der Waals surface area contributed by atoms with Crippen molar-refractivity contribution in [3.63, 3.8) is 0 Å². The van der Waals surface area contributed by atoms with Crippen LogP contribution < -0.4 is 21.9 Å². The minimum atomic E-state index is -0.645. The van der Waals surface area contributed by atoms with Gasteiger partial charge in [-0.25, -0.2) is 4.98 Å². The topological polar surface area (TPSA) is 143 Å². The van der Waals surface area contributed by atoms with Crippen LogP contribution in [-0.4, -0.2) is 27.5 Å². The van der Waals surface area contributed by atoms with Crippen LogP contribution in [0.3, 0.4) is 0 Å². The van der Waals surface area contributed by atoms with Crippen LogP contribution in [0.2, 0.25) is 0 Å². The molecule has 0 spiro atoms. The van der Waals surface area contributed by atoms with Gasteiger partial charge in [0.05, 0.1) is 5.75 Å². The number of benzene rings is 1. The van der Waals surface area contributed by atoms with Crippen LogP contribution in [0.4, 0.5) is 17.2 Å². The SMILES string of the molecule is Cc1cc(C)c(NC(=O)CSc2nc(N)c(NC(=O)c3ccc(Br)o3)c(=O)[nH]2)c(C)c1. The molecule has 0 fully saturated rings. The number of carbonyl (C=O) groups is 2. The van der Waals surface area contributed by atoms with Crippen molar-refractivity contribution < 1.29 is 14.0 Å². The van der Waals surface area contributed by atoms with Gasteiger partial charge in [-0.05, 0) is 60.0 Å². The zero-order valence-corrected chi connectivity index (χ0v) is 19.4. The number of thioether (sulfide) groups is 1. The number of nitrogens with one attached hydrogen (secondary N) is 3. The third kappa shape index (κ3) is 5.56. The molecule has 0 unspecified atom stereocenters. The molecule has 0 radical (unpaired) electrons. The van der Waals surface area contributed by atoms with Gasteiger partial charge in [0, 0.05) is 5.69 Å². The summed E-state index contributed by atoms with van der Waals surface area (Å²) in [5.74, 6) is -1.05. The number of amides is 2. The second-order valence-electron chi connectivity index (χ2n) is 6.80. The maximum Gasteiger partial charge on any atom is 0.291 e. The van der Waals surface area contributed by atoms with E-state index in [1.54, 1.807) is 6.07 Å². The monoisotopic (exact) mass is 505 g/mol. The Kier molecular flexibility index (Phi) is 6.86. The van der Waals surface area contributed by atoms with E-state index in [0.717, 1.165) is 34.1 Å². The Hall–Kier alpha value is -3.05. The molecule has 31 heavy (non-hydrogen) atoms. The highest BCUT2D eigenvalue weighted by Crippen LogP contribution is 2.23. The van der Waals surface area contributed by atoms with Crippen LogP contribution in [0, 0.1) is 20.8 Å². The van der Waals surface area contributed by atoms with Crippen LogP contribution >= 0.6 is 27.7 Å². The fourth-order valence-corrected chi connectivity index (χ4v) is 3.93. The van der Waals surface area contributed by atoms with E-state index in [1.807, 2.05) is 32.9 Å². The quantitative estimate of drug-likeness (QED) is 0.295. The van der Waals surface area contributed by atoms with Crippen molar-refractivity contribution in [3.8, 4) is 0 Å². The van der Waals surface area contributed by atoms with E-state index in [0.29, 0.717) is 4.67 Å². The van der Waals surface area contributed by atoms with Gasteiger partial charge < -0.3 is 20.8 Å². The van der Waals surface area contributed by atoms with Crippen molar-refractivity contribution in [2.75, 3.05) is 22.1 Å². The number of hydrogen-bond donors (Lipinski definition) is 4. The van der Waals surface area contributed by atoms with Crippen molar-refractivity contribution in [3.05, 3.63) is 61.7 Å². The number of aromatic nitrogens is 2. The van der Waals surface area contributed by atoms with Crippen molar-refractivity contribution in [2.45, 2.75) is 25.9 Å². The molecule has 2 heterocycles. The number of carbonyl (C=O) groups excluding carboxylic acids is 2. The van der Waals surface area contributed by atoms with Gasteiger partial charge in [0.2, 0.25) is 5.91 Å². The third-order valence-electron chi connectivity index (χ3n) is 4.24. The maximum absolute atomic E-state index is 12.4. The van der Waals surface area contributed by atoms with Crippen LogP contribution in [-0.2, 0) is 4.79 Å². The Morgan fingerprint density at radius 1 is 1.16 bits per heavy atom. The molecule has 11 heteroatoms. The summed E-state index contributed by atoms with van der Waals surface area (Å²) in [7, 11) is 0. The van der Waals surface area contributed by atoms with Crippen LogP contribution in [0.5, 0.6) is 0 Å². The minimum absolute atomic E-state index is 0.00231. The molecule has 3 aromatic rings. The van der Waals surface area contributed by atoms with Crippen LogP contribution in [0.25, 0.3) is 0 Å². The number of aromatic amines is 1. The van der Waals surface area contributed by atoms with E-state index in [2.05, 4.69) is 36.5 Å². The number of rotatable bonds is 6. The maximum atomic E-state index is 12.4. The van der Waals surface area contributed by atoms with Crippen LogP contribution in [0.1, 0.15) is 27.2 Å². The number of furan rings is 1. The second-order valence-corrected chi connectivity index (χ2v) is 8.55. The lowest BCUT2D eigenvalue weighted by atomic mass is 10.1. The normalized spacial score (nSPS) is 10.7. The van der Waals surface area contributed by atoms with Gasteiger partial charge in [0.25, 0.3) is 11.5 Å². The van der Waals surface area contributed by atoms with E-state index >= 15 is 0 Å². The number of halogens is 1. The average molecular weight is 506 g/mol. The summed E-state index contributed by atoms with van der Waals surface area (Å²) in [6, 6.07) is 6.97. The molecule has 0 aliphatic carbocycles. The zero-order valence-electron chi connectivity index (χ0n) is 17.0. The first-order chi connectivity index (χ1) is 14.6. The van der Waals surface area contributed by atoms with Crippen molar-refractivity contribution >= 4 is 56.7 Å². The Morgan fingerprint density at radius 3 is 2.42 bits per heavy atom. The molecule has 0 aliphatic rings. The summed E-state index contributed by atoms with van der Waals surface area (Å²) < 4.78 is 5.51. The molecule has 9 nitrogen and oxygen atoms in total. The molecule has 162 valence electrons. The Balaban J connectivity index is 1.66. The number of aryl methyl sites for hydroxylation is 3. The van der Waals surface area contributed by atoms with E-state index in [-0.39, 0.29) is 34.1 Å². The molecular formula is C20H20BrN5O4S. The number of hydrogen-bond acceptors (Lipinski definition) is 7. The van der Waals surface area contributed by atoms with E-state index in [1.165, 1.54) is 6.07 Å². The molecule has 1 aromatic carbocycles. The molecule has 0 aliphatic heterocycles. The third-order valence-corrected chi connectivity index (χ3v) is 5.54. The minimum Gasteiger partial charge on any atom is -0.444 e. The molecule has 0 atom stereocenters. The van der Waals surface area contributed by atoms with E-state index in [4.69, 9.17) is 10.2 Å². The molecule has 2 amide bonds. The molecular weight excluding hydrogens is 486 g/mol. The molecule has 0 saturated heterocycles. The van der Waals surface area contributed by atoms with Gasteiger partial charge in [0.15, 0.2) is 27.1 Å². The fourth-order valence-electron chi connectivity index (χ4n) is 2.96. The van der Waals surface area contributed by atoms with Crippen molar-refractivity contribution in [1.82, 2.24) is 9.97 Å². The number of anilines is 3. The number of nitrogens with zero attached hydrogens (tertiary/aromatic N) is 1. The first-order valence-electron chi connectivity index (χ1n) is 9.11. The van der Waals surface area contributed by atoms with Gasteiger partial charge in [-0.15, -0.1) is 0 Å². The summed E-state index contributed by atoms with van der Waals surface area (Å²) >= 11 is 4.12. The Morgan fingerprint density at radius 2 is 1.84 bits per heavy atom. The fraction of sp³-hybridized carbons (Fsp3) is 0.200. The largest absolute Gasteiger partial charge is 0.444 e. The molecule has 5 N–H and O–H groups in total. The van der Waals surface area contributed by atoms with Crippen molar-refractivity contribution in [1.29, 1.82) is 0 Å². The van der Waals surface area contributed by atoms with Gasteiger partial charge in [0.1, 0.15) is 0 Å². The lowest BCUT2D eigenvalue weighted by Gasteiger charge is -2.12. The number of nitrogens with two attached hydrogens (primary N) is 1. The zero-order chi connectivity index (χ0) is 22.7. The summed E-state index contributed by atoms with van der Waals surface area (Å²) in [5, 5.41) is 5.42. The Bertz CT molecular complexity index is 1200. The van der Waals surface area contributed by atoms with Gasteiger partial charge in [-0.2, -0.15) is 0 Å². The molecule has 0 saturated carbocycles. The standard InChI is InChI=1S/C20H20BrN5O4S/c1-9-6-10(2)15(11(3)7-9)23-14(27)8-31-20-25-17(22)16(19(29)26-20)24-18(28)12-4-5-13(21)30-12/h4-7H,8H2,1-3H3,(H,23,27)(H,24,28)(H3,22,25,26,29). The molecule has 0 bridgehead atoms. The van der Waals surface area contributed by atoms with E-state index in [9.17, 15) is 14.4 Å². The van der Waals surface area contributed by atoms with Gasteiger partial charge in [-0.1, -0.05) is 29.5 Å². The lowest BCUT2D eigenvalue weighted by molar-refractivity contribution is -0.113. The average Bonchev–Trinajstić information content (AvgIpc) is 3.12. The highest BCUT2D eigenvalue weighted by molar-refractivity contribution is 9.10. The second kappa shape index (κ2) is 9.40. The summed E-state index contributed by atoms with van der Waals surface area (Å²) in [6.45, 7) is 5.85. The number of H-pyrrole nitrogens is 1. The van der Waals surface area contributed by atoms with Crippen molar-refractivity contribution in [2.24, 2.45) is 0 Å². The van der Waals surface area contributed by atoms with Crippen LogP contribution in [0.15, 0.2) is 43.3 Å². The molecule has 3 rings (SSSR count). The summed E-state index contributed by atoms with van der Waals surface area (Å²) in [5.41, 5.74) is 8.82. The van der Waals surface area contributed by atoms with Gasteiger partial charge in [-0.3, -0.25) is 19.4 Å². The van der Waals surface area contributed by atoms with E-state index < -0.39 is 11.5 Å². The predicted octanol–water partition coefficient (Wildman–Crippen LogP) is 3.62. The lowest BCUT2D eigenvalue weighted by Crippen LogP contribution is -2.23.